The van der Waals surface area contributed by atoms with Crippen molar-refractivity contribution in [1.82, 2.24) is 20.4 Å². The molecule has 3 atom stereocenters. The van der Waals surface area contributed by atoms with Crippen molar-refractivity contribution >= 4 is 17.6 Å². The number of fused-ring (bicyclic) bond motifs is 1. The Kier molecular flexibility index (Phi) is 6.97. The van der Waals surface area contributed by atoms with Crippen molar-refractivity contribution in [2.45, 2.75) is 75.1 Å². The maximum Gasteiger partial charge on any atom is 0.252 e. The Labute approximate surface area is 207 Å². The Morgan fingerprint density at radius 1 is 1.11 bits per heavy atom. The van der Waals surface area contributed by atoms with Crippen molar-refractivity contribution in [3.8, 4) is 0 Å². The monoisotopic (exact) mass is 482 g/mol. The standard InChI is InChI=1S/C27H38N4O4/c1-3-30-14-10-19(11-15-30)18-6-8-20(9-7-18)25(33)29-27(12-4-5-13-27)26(34)31-16-21(28-2)24-23(31)22(32)17-35-24/h6-9,19,21,23-24,28H,3-5,10-17H2,1-2H3,(H,29,33)/t21-,23+,24+/m0/s1. The molecular formula is C27H38N4O4. The van der Waals surface area contributed by atoms with Crippen LogP contribution in [0.2, 0.25) is 0 Å². The maximum atomic E-state index is 13.9. The number of likely N-dealkylation sites (N-methyl/N-ethyl adjacent to an activating group) is 1. The van der Waals surface area contributed by atoms with Gasteiger partial charge in [-0.15, -0.1) is 0 Å². The van der Waals surface area contributed by atoms with E-state index >= 15 is 0 Å². The van der Waals surface area contributed by atoms with Crippen molar-refractivity contribution in [2.75, 3.05) is 39.8 Å². The Bertz CT molecular complexity index is 950. The number of Topliss-reactive ketones (excluding diaryl/α,β-unsaturated/α-hetero) is 1. The molecule has 8 nitrogen and oxygen atoms in total. The van der Waals surface area contributed by atoms with Gasteiger partial charge in [-0.2, -0.15) is 0 Å². The quantitative estimate of drug-likeness (QED) is 0.641. The molecular weight excluding hydrogens is 444 g/mol. The Balaban J connectivity index is 1.29. The summed E-state index contributed by atoms with van der Waals surface area (Å²) in [6.07, 6.45) is 4.92. The normalized spacial score (nSPS) is 28.9. The van der Waals surface area contributed by atoms with Gasteiger partial charge in [0.05, 0.1) is 6.04 Å². The smallest absolute Gasteiger partial charge is 0.252 e. The summed E-state index contributed by atoms with van der Waals surface area (Å²) in [4.78, 5) is 43.9. The van der Waals surface area contributed by atoms with Crippen molar-refractivity contribution in [1.29, 1.82) is 0 Å². The molecule has 2 amide bonds. The van der Waals surface area contributed by atoms with Gasteiger partial charge in [-0.05, 0) is 76.0 Å². The average Bonchev–Trinajstić information content (AvgIpc) is 3.61. The Morgan fingerprint density at radius 3 is 2.43 bits per heavy atom. The summed E-state index contributed by atoms with van der Waals surface area (Å²) in [5, 5.41) is 6.30. The van der Waals surface area contributed by atoms with Crippen molar-refractivity contribution in [3.63, 3.8) is 0 Å². The van der Waals surface area contributed by atoms with Gasteiger partial charge in [-0.25, -0.2) is 0 Å². The first-order valence-corrected chi connectivity index (χ1v) is 13.2. The van der Waals surface area contributed by atoms with Crippen LogP contribution in [-0.2, 0) is 14.3 Å². The highest BCUT2D eigenvalue weighted by molar-refractivity contribution is 6.01. The molecule has 0 radical (unpaired) electrons. The highest BCUT2D eigenvalue weighted by atomic mass is 16.5. The first-order valence-electron chi connectivity index (χ1n) is 13.2. The number of rotatable bonds is 6. The highest BCUT2D eigenvalue weighted by Crippen LogP contribution is 2.36. The van der Waals surface area contributed by atoms with Crippen LogP contribution in [0.15, 0.2) is 24.3 Å². The number of nitrogens with one attached hydrogen (secondary N) is 2. The van der Waals surface area contributed by atoms with E-state index in [0.29, 0.717) is 30.9 Å². The second kappa shape index (κ2) is 9.99. The first-order chi connectivity index (χ1) is 17.0. The van der Waals surface area contributed by atoms with Gasteiger partial charge in [0.2, 0.25) is 5.91 Å². The van der Waals surface area contributed by atoms with Gasteiger partial charge in [0.25, 0.3) is 5.91 Å². The molecule has 0 bridgehead atoms. The third kappa shape index (κ3) is 4.52. The molecule has 0 unspecified atom stereocenters. The second-order valence-corrected chi connectivity index (χ2v) is 10.6. The van der Waals surface area contributed by atoms with E-state index in [-0.39, 0.29) is 36.4 Å². The molecule has 1 aromatic rings. The van der Waals surface area contributed by atoms with Crippen LogP contribution >= 0.6 is 0 Å². The molecule has 1 saturated carbocycles. The van der Waals surface area contributed by atoms with Crippen LogP contribution < -0.4 is 10.6 Å². The maximum absolute atomic E-state index is 13.9. The molecule has 0 aromatic heterocycles. The van der Waals surface area contributed by atoms with Crippen LogP contribution in [0.1, 0.15) is 67.3 Å². The molecule has 0 spiro atoms. The lowest BCUT2D eigenvalue weighted by atomic mass is 9.89. The number of likely N-dealkylation sites (tertiary alicyclic amines) is 2. The lowest BCUT2D eigenvalue weighted by molar-refractivity contribution is -0.142. The SMILES string of the molecule is CCN1CCC(c2ccc(C(=O)NC3(C(=O)N4C[C@H](NC)[C@H]5OCC(=O)[C@H]54)CCCC3)cc2)CC1. The van der Waals surface area contributed by atoms with E-state index in [9.17, 15) is 14.4 Å². The number of benzene rings is 1. The van der Waals surface area contributed by atoms with Crippen LogP contribution in [0.3, 0.4) is 0 Å². The zero-order valence-electron chi connectivity index (χ0n) is 20.9. The van der Waals surface area contributed by atoms with E-state index in [1.807, 2.05) is 19.2 Å². The number of hydrogen-bond donors (Lipinski definition) is 2. The molecule has 4 fully saturated rings. The number of hydrogen-bond acceptors (Lipinski definition) is 6. The fourth-order valence-corrected chi connectivity index (χ4v) is 6.54. The van der Waals surface area contributed by atoms with Gasteiger partial charge in [0.1, 0.15) is 24.3 Å². The van der Waals surface area contributed by atoms with Crippen LogP contribution in [-0.4, -0.2) is 91.0 Å². The predicted octanol–water partition coefficient (Wildman–Crippen LogP) is 1.70. The van der Waals surface area contributed by atoms with Crippen molar-refractivity contribution in [3.05, 3.63) is 35.4 Å². The number of ether oxygens (including phenoxy) is 1. The van der Waals surface area contributed by atoms with E-state index in [1.54, 1.807) is 4.90 Å². The number of carbonyl (C=O) groups is 3. The van der Waals surface area contributed by atoms with E-state index in [0.717, 1.165) is 45.3 Å². The Hall–Kier alpha value is -2.29. The summed E-state index contributed by atoms with van der Waals surface area (Å²) in [6, 6.07) is 7.28. The minimum Gasteiger partial charge on any atom is -0.366 e. The number of carbonyl (C=O) groups excluding carboxylic acids is 3. The third-order valence-corrected chi connectivity index (χ3v) is 8.71. The highest BCUT2D eigenvalue weighted by Gasteiger charge is 2.56. The van der Waals surface area contributed by atoms with Gasteiger partial charge >= 0.3 is 0 Å². The summed E-state index contributed by atoms with van der Waals surface area (Å²) in [6.45, 7) is 6.00. The molecule has 2 N–H and O–H groups in total. The van der Waals surface area contributed by atoms with Crippen molar-refractivity contribution < 1.29 is 19.1 Å². The molecule has 1 aliphatic carbocycles. The number of nitrogens with zero attached hydrogens (tertiary/aromatic N) is 2. The van der Waals surface area contributed by atoms with Crippen LogP contribution in [0, 0.1) is 0 Å². The first kappa shape index (κ1) is 24.4. The lowest BCUT2D eigenvalue weighted by Gasteiger charge is -2.35. The number of amides is 2. The molecule has 5 rings (SSSR count). The molecule has 35 heavy (non-hydrogen) atoms. The molecule has 190 valence electrons. The molecule has 3 saturated heterocycles. The van der Waals surface area contributed by atoms with E-state index in [1.165, 1.54) is 5.56 Å². The van der Waals surface area contributed by atoms with Gasteiger partial charge in [0, 0.05) is 12.1 Å². The van der Waals surface area contributed by atoms with E-state index in [2.05, 4.69) is 34.6 Å². The fraction of sp³-hybridized carbons (Fsp3) is 0.667. The van der Waals surface area contributed by atoms with E-state index < -0.39 is 11.6 Å². The average molecular weight is 483 g/mol. The topological polar surface area (TPSA) is 91.0 Å². The van der Waals surface area contributed by atoms with Gasteiger partial charge < -0.3 is 25.2 Å². The molecule has 4 aliphatic rings. The summed E-state index contributed by atoms with van der Waals surface area (Å²) in [5.41, 5.74) is 0.898. The van der Waals surface area contributed by atoms with Crippen LogP contribution in [0.5, 0.6) is 0 Å². The number of piperidine rings is 1. The summed E-state index contributed by atoms with van der Waals surface area (Å²) in [7, 11) is 1.83. The molecule has 3 aliphatic heterocycles. The van der Waals surface area contributed by atoms with Gasteiger partial charge in [-0.3, -0.25) is 14.4 Å². The largest absolute Gasteiger partial charge is 0.366 e. The van der Waals surface area contributed by atoms with Crippen LogP contribution in [0.4, 0.5) is 0 Å². The summed E-state index contributed by atoms with van der Waals surface area (Å²) >= 11 is 0. The molecule has 8 heteroatoms. The predicted molar refractivity (Wildman–Crippen MR) is 132 cm³/mol. The van der Waals surface area contributed by atoms with E-state index in [4.69, 9.17) is 4.74 Å². The second-order valence-electron chi connectivity index (χ2n) is 10.6. The molecule has 3 heterocycles. The summed E-state index contributed by atoms with van der Waals surface area (Å²) in [5.74, 6) is 0.116. The zero-order valence-corrected chi connectivity index (χ0v) is 20.9. The molecule has 1 aromatic carbocycles. The summed E-state index contributed by atoms with van der Waals surface area (Å²) < 4.78 is 5.70. The van der Waals surface area contributed by atoms with Gasteiger partial charge in [-0.1, -0.05) is 31.9 Å². The van der Waals surface area contributed by atoms with Crippen LogP contribution in [0.25, 0.3) is 0 Å². The zero-order chi connectivity index (χ0) is 24.6. The third-order valence-electron chi connectivity index (χ3n) is 8.71. The fourth-order valence-electron chi connectivity index (χ4n) is 6.54. The van der Waals surface area contributed by atoms with Crippen molar-refractivity contribution in [2.24, 2.45) is 0 Å². The number of ketones is 1. The minimum atomic E-state index is -0.960. The lowest BCUT2D eigenvalue weighted by Crippen LogP contribution is -2.60. The minimum absolute atomic E-state index is 0.0421. The van der Waals surface area contributed by atoms with Gasteiger partial charge in [0.15, 0.2) is 5.78 Å². The Morgan fingerprint density at radius 2 is 1.80 bits per heavy atom.